The Labute approximate surface area is 106 Å². The van der Waals surface area contributed by atoms with E-state index in [1.807, 2.05) is 12.3 Å². The number of hydrogen-bond acceptors (Lipinski definition) is 7. The van der Waals surface area contributed by atoms with Gasteiger partial charge < -0.3 is 10.1 Å². The van der Waals surface area contributed by atoms with E-state index in [4.69, 9.17) is 0 Å². The Kier molecular flexibility index (Phi) is 3.70. The molecule has 0 bridgehead atoms. The molecule has 1 N–H and O–H groups in total. The third kappa shape index (κ3) is 3.01. The highest BCUT2D eigenvalue weighted by molar-refractivity contribution is 7.13. The molecular weight excluding hydrogens is 258 g/mol. The third-order valence-electron chi connectivity index (χ3n) is 1.99. The van der Waals surface area contributed by atoms with Gasteiger partial charge in [0.05, 0.1) is 24.4 Å². The summed E-state index contributed by atoms with van der Waals surface area (Å²) >= 11 is 2.98. The number of aryl methyl sites for hydroxylation is 1. The lowest BCUT2D eigenvalue weighted by Gasteiger charge is -1.98. The summed E-state index contributed by atoms with van der Waals surface area (Å²) in [6.45, 7) is 2.57. The van der Waals surface area contributed by atoms with Crippen molar-refractivity contribution in [3.05, 3.63) is 27.2 Å². The van der Waals surface area contributed by atoms with Gasteiger partial charge in [0.1, 0.15) is 0 Å². The predicted octanol–water partition coefficient (Wildman–Crippen LogP) is 2.31. The Morgan fingerprint density at radius 3 is 2.88 bits per heavy atom. The van der Waals surface area contributed by atoms with Crippen molar-refractivity contribution in [2.24, 2.45) is 0 Å². The number of rotatable bonds is 4. The molecule has 0 radical (unpaired) electrons. The van der Waals surface area contributed by atoms with Gasteiger partial charge in [0.15, 0.2) is 10.8 Å². The second-order valence-corrected chi connectivity index (χ2v) is 5.16. The van der Waals surface area contributed by atoms with Crippen LogP contribution < -0.4 is 5.32 Å². The number of carbonyl (C=O) groups excluding carboxylic acids is 1. The summed E-state index contributed by atoms with van der Waals surface area (Å²) in [7, 11) is 1.34. The van der Waals surface area contributed by atoms with Crippen LogP contribution >= 0.6 is 22.7 Å². The minimum Gasteiger partial charge on any atom is -0.464 e. The van der Waals surface area contributed by atoms with Gasteiger partial charge >= 0.3 is 5.97 Å². The van der Waals surface area contributed by atoms with Crippen LogP contribution in [0.2, 0.25) is 0 Å². The second kappa shape index (κ2) is 5.24. The van der Waals surface area contributed by atoms with Crippen LogP contribution in [0.25, 0.3) is 0 Å². The van der Waals surface area contributed by atoms with Gasteiger partial charge in [0.25, 0.3) is 0 Å². The molecule has 0 saturated heterocycles. The Morgan fingerprint density at radius 2 is 2.24 bits per heavy atom. The molecule has 0 aliphatic heterocycles. The number of anilines is 1. The molecule has 2 aromatic heterocycles. The summed E-state index contributed by atoms with van der Waals surface area (Å²) in [6, 6.07) is 0. The fraction of sp³-hybridized carbons (Fsp3) is 0.300. The van der Waals surface area contributed by atoms with Crippen LogP contribution in [0.4, 0.5) is 5.13 Å². The maximum absolute atomic E-state index is 11.2. The van der Waals surface area contributed by atoms with Crippen LogP contribution in [-0.4, -0.2) is 23.0 Å². The third-order valence-corrected chi connectivity index (χ3v) is 3.61. The Hall–Kier alpha value is -1.47. The number of esters is 1. The van der Waals surface area contributed by atoms with Crippen molar-refractivity contribution < 1.29 is 9.53 Å². The van der Waals surface area contributed by atoms with E-state index in [0.717, 1.165) is 10.7 Å². The summed E-state index contributed by atoms with van der Waals surface area (Å²) < 4.78 is 4.58. The molecular formula is C10H11N3O2S2. The molecule has 0 aliphatic rings. The van der Waals surface area contributed by atoms with Crippen LogP contribution in [0, 0.1) is 6.92 Å². The van der Waals surface area contributed by atoms with Crippen LogP contribution in [0.1, 0.15) is 21.2 Å². The van der Waals surface area contributed by atoms with Crippen molar-refractivity contribution >= 4 is 33.8 Å². The highest BCUT2D eigenvalue weighted by atomic mass is 32.1. The topological polar surface area (TPSA) is 64.1 Å². The van der Waals surface area contributed by atoms with E-state index in [0.29, 0.717) is 17.4 Å². The number of thiazole rings is 2. The zero-order valence-electron chi connectivity index (χ0n) is 9.39. The fourth-order valence-corrected chi connectivity index (χ4v) is 2.50. The summed E-state index contributed by atoms with van der Waals surface area (Å²) in [6.07, 6.45) is 0. The van der Waals surface area contributed by atoms with Gasteiger partial charge in [-0.2, -0.15) is 0 Å². The average molecular weight is 269 g/mol. The standard InChI is InChI=1S/C10H11N3O2S2/c1-6-12-7(4-16-6)3-11-10-13-8(5-17-10)9(14)15-2/h4-5H,3H2,1-2H3,(H,11,13). The molecule has 2 heterocycles. The van der Waals surface area contributed by atoms with E-state index in [-0.39, 0.29) is 0 Å². The zero-order valence-corrected chi connectivity index (χ0v) is 11.0. The normalized spacial score (nSPS) is 10.2. The monoisotopic (exact) mass is 269 g/mol. The molecule has 0 aromatic carbocycles. The first-order chi connectivity index (χ1) is 8.19. The van der Waals surface area contributed by atoms with E-state index < -0.39 is 5.97 Å². The van der Waals surface area contributed by atoms with Crippen LogP contribution in [-0.2, 0) is 11.3 Å². The van der Waals surface area contributed by atoms with Crippen LogP contribution in [0.3, 0.4) is 0 Å². The minimum absolute atomic E-state index is 0.328. The smallest absolute Gasteiger partial charge is 0.357 e. The van der Waals surface area contributed by atoms with Gasteiger partial charge in [-0.1, -0.05) is 0 Å². The fourth-order valence-electron chi connectivity index (χ4n) is 1.21. The lowest BCUT2D eigenvalue weighted by Crippen LogP contribution is -2.03. The van der Waals surface area contributed by atoms with E-state index in [1.54, 1.807) is 16.7 Å². The number of aromatic nitrogens is 2. The SMILES string of the molecule is COC(=O)c1csc(NCc2csc(C)n2)n1. The molecule has 0 fully saturated rings. The molecule has 17 heavy (non-hydrogen) atoms. The molecule has 0 amide bonds. The molecule has 2 aromatic rings. The first kappa shape index (κ1) is 12.0. The number of nitrogens with one attached hydrogen (secondary N) is 1. The number of carbonyl (C=O) groups is 1. The lowest BCUT2D eigenvalue weighted by atomic mass is 10.5. The number of hydrogen-bond donors (Lipinski definition) is 1. The van der Waals surface area contributed by atoms with Gasteiger partial charge in [-0.15, -0.1) is 22.7 Å². The quantitative estimate of drug-likeness (QED) is 0.863. The lowest BCUT2D eigenvalue weighted by molar-refractivity contribution is 0.0595. The average Bonchev–Trinajstić information content (AvgIpc) is 2.94. The first-order valence-electron chi connectivity index (χ1n) is 4.88. The van der Waals surface area contributed by atoms with Crippen molar-refractivity contribution in [3.63, 3.8) is 0 Å². The highest BCUT2D eigenvalue weighted by Gasteiger charge is 2.10. The predicted molar refractivity (Wildman–Crippen MR) is 67.6 cm³/mol. The summed E-state index contributed by atoms with van der Waals surface area (Å²) in [5.41, 5.74) is 1.30. The molecule has 0 saturated carbocycles. The van der Waals surface area contributed by atoms with Crippen molar-refractivity contribution in [1.29, 1.82) is 0 Å². The van der Waals surface area contributed by atoms with Gasteiger partial charge in [0.2, 0.25) is 0 Å². The maximum atomic E-state index is 11.2. The van der Waals surface area contributed by atoms with Crippen molar-refractivity contribution in [3.8, 4) is 0 Å². The van der Waals surface area contributed by atoms with Crippen molar-refractivity contribution in [2.45, 2.75) is 13.5 Å². The minimum atomic E-state index is -0.418. The molecule has 5 nitrogen and oxygen atoms in total. The van der Waals surface area contributed by atoms with Gasteiger partial charge in [0, 0.05) is 10.8 Å². The van der Waals surface area contributed by atoms with E-state index >= 15 is 0 Å². The Balaban J connectivity index is 1.95. The maximum Gasteiger partial charge on any atom is 0.357 e. The molecule has 90 valence electrons. The summed E-state index contributed by atoms with van der Waals surface area (Å²) in [4.78, 5) is 19.6. The number of methoxy groups -OCH3 is 1. The summed E-state index contributed by atoms with van der Waals surface area (Å²) in [5.74, 6) is -0.418. The van der Waals surface area contributed by atoms with Crippen molar-refractivity contribution in [1.82, 2.24) is 9.97 Å². The molecule has 2 rings (SSSR count). The highest BCUT2D eigenvalue weighted by Crippen LogP contribution is 2.17. The zero-order chi connectivity index (χ0) is 12.3. The van der Waals surface area contributed by atoms with Gasteiger partial charge in [-0.3, -0.25) is 0 Å². The van der Waals surface area contributed by atoms with Crippen LogP contribution in [0.5, 0.6) is 0 Å². The van der Waals surface area contributed by atoms with Gasteiger partial charge in [-0.05, 0) is 6.92 Å². The molecule has 0 spiro atoms. The number of ether oxygens (including phenoxy) is 1. The molecule has 0 unspecified atom stereocenters. The Bertz CT molecular complexity index is 521. The second-order valence-electron chi connectivity index (χ2n) is 3.24. The van der Waals surface area contributed by atoms with E-state index in [2.05, 4.69) is 20.0 Å². The van der Waals surface area contributed by atoms with Crippen LogP contribution in [0.15, 0.2) is 10.8 Å². The number of nitrogens with zero attached hydrogens (tertiary/aromatic N) is 2. The van der Waals surface area contributed by atoms with E-state index in [1.165, 1.54) is 18.4 Å². The van der Waals surface area contributed by atoms with Gasteiger partial charge in [-0.25, -0.2) is 14.8 Å². The van der Waals surface area contributed by atoms with E-state index in [9.17, 15) is 4.79 Å². The summed E-state index contributed by atoms with van der Waals surface area (Å²) in [5, 5.41) is 8.51. The molecule has 0 aliphatic carbocycles. The first-order valence-corrected chi connectivity index (χ1v) is 6.63. The molecule has 7 heteroatoms. The Morgan fingerprint density at radius 1 is 1.41 bits per heavy atom. The largest absolute Gasteiger partial charge is 0.464 e. The van der Waals surface area contributed by atoms with Crippen molar-refractivity contribution in [2.75, 3.05) is 12.4 Å². The molecule has 0 atom stereocenters.